The number of hydrogen-bond donors (Lipinski definition) is 1. The van der Waals surface area contributed by atoms with Gasteiger partial charge in [0.05, 0.1) is 11.8 Å². The van der Waals surface area contributed by atoms with Gasteiger partial charge in [-0.3, -0.25) is 14.4 Å². The molecule has 1 heterocycles. The maximum atomic E-state index is 12.8. The molecule has 3 atom stereocenters. The van der Waals surface area contributed by atoms with Gasteiger partial charge in [-0.1, -0.05) is 104 Å². The maximum absolute atomic E-state index is 12.8. The molecular formula is C28H51NO5S. The Morgan fingerprint density at radius 1 is 0.914 bits per heavy atom. The predicted octanol–water partition coefficient (Wildman–Crippen LogP) is 6.58. The SMILES string of the molecule is CCCCCCCCCCCC[C@H](CSCCC(N)=O)C(=O)OC[C@H]1OC(=O)[C@H]1CCCCCC. The van der Waals surface area contributed by atoms with Crippen LogP contribution >= 0.6 is 11.8 Å². The summed E-state index contributed by atoms with van der Waals surface area (Å²) in [5, 5.41) is 0. The van der Waals surface area contributed by atoms with Crippen LogP contribution in [0.1, 0.15) is 123 Å². The summed E-state index contributed by atoms with van der Waals surface area (Å²) in [5.74, 6) is 0.242. The van der Waals surface area contributed by atoms with Crippen LogP contribution in [0, 0.1) is 11.8 Å². The average Bonchev–Trinajstić information content (AvgIpc) is 2.83. The zero-order valence-electron chi connectivity index (χ0n) is 22.4. The molecule has 35 heavy (non-hydrogen) atoms. The Labute approximate surface area is 218 Å². The fraction of sp³-hybridized carbons (Fsp3) is 0.893. The molecule has 1 amide bonds. The fourth-order valence-electron chi connectivity index (χ4n) is 4.47. The molecule has 0 aliphatic carbocycles. The third-order valence-electron chi connectivity index (χ3n) is 6.83. The lowest BCUT2D eigenvalue weighted by Gasteiger charge is -2.35. The molecule has 1 saturated heterocycles. The highest BCUT2D eigenvalue weighted by atomic mass is 32.2. The molecule has 1 aliphatic heterocycles. The van der Waals surface area contributed by atoms with E-state index in [0.29, 0.717) is 17.9 Å². The zero-order chi connectivity index (χ0) is 25.7. The summed E-state index contributed by atoms with van der Waals surface area (Å²) in [5.41, 5.74) is 5.23. The van der Waals surface area contributed by atoms with E-state index in [9.17, 15) is 14.4 Å². The fourth-order valence-corrected chi connectivity index (χ4v) is 5.57. The average molecular weight is 514 g/mol. The molecule has 2 N–H and O–H groups in total. The van der Waals surface area contributed by atoms with Gasteiger partial charge in [-0.05, 0) is 12.8 Å². The van der Waals surface area contributed by atoms with Crippen molar-refractivity contribution in [2.24, 2.45) is 17.6 Å². The van der Waals surface area contributed by atoms with Gasteiger partial charge in [0.25, 0.3) is 0 Å². The van der Waals surface area contributed by atoms with Crippen molar-refractivity contribution in [1.29, 1.82) is 0 Å². The first-order chi connectivity index (χ1) is 17.0. The topological polar surface area (TPSA) is 95.7 Å². The number of unbranched alkanes of at least 4 members (excludes halogenated alkanes) is 12. The van der Waals surface area contributed by atoms with Crippen LogP contribution in [-0.4, -0.2) is 42.1 Å². The number of hydrogen-bond acceptors (Lipinski definition) is 6. The lowest BCUT2D eigenvalue weighted by atomic mass is 9.91. The number of cyclic esters (lactones) is 1. The monoisotopic (exact) mass is 513 g/mol. The minimum absolute atomic E-state index is 0.134. The summed E-state index contributed by atoms with van der Waals surface area (Å²) in [7, 11) is 0. The van der Waals surface area contributed by atoms with Crippen molar-refractivity contribution in [3.05, 3.63) is 0 Å². The van der Waals surface area contributed by atoms with E-state index in [-0.39, 0.29) is 42.4 Å². The quantitative estimate of drug-likeness (QED) is 0.116. The number of nitrogens with two attached hydrogens (primary N) is 1. The second-order valence-corrected chi connectivity index (χ2v) is 11.2. The van der Waals surface area contributed by atoms with Gasteiger partial charge >= 0.3 is 11.9 Å². The first kappa shape index (κ1) is 31.8. The summed E-state index contributed by atoms with van der Waals surface area (Å²) in [6, 6.07) is 0. The number of carbonyl (C=O) groups excluding carboxylic acids is 3. The van der Waals surface area contributed by atoms with Crippen LogP contribution < -0.4 is 5.73 Å². The van der Waals surface area contributed by atoms with E-state index in [0.717, 1.165) is 44.9 Å². The summed E-state index contributed by atoms with van der Waals surface area (Å²) in [6.07, 6.45) is 18.7. The first-order valence-corrected chi connectivity index (χ1v) is 15.4. The minimum Gasteiger partial charge on any atom is -0.461 e. The zero-order valence-corrected chi connectivity index (χ0v) is 23.2. The normalized spacial score (nSPS) is 18.1. The second kappa shape index (κ2) is 20.9. The maximum Gasteiger partial charge on any atom is 0.313 e. The number of rotatable bonds is 24. The first-order valence-electron chi connectivity index (χ1n) is 14.2. The van der Waals surface area contributed by atoms with Gasteiger partial charge in [0.2, 0.25) is 5.91 Å². The molecule has 1 fully saturated rings. The van der Waals surface area contributed by atoms with E-state index in [4.69, 9.17) is 15.2 Å². The molecular weight excluding hydrogens is 462 g/mol. The smallest absolute Gasteiger partial charge is 0.313 e. The van der Waals surface area contributed by atoms with Crippen LogP contribution in [0.4, 0.5) is 0 Å². The van der Waals surface area contributed by atoms with Gasteiger partial charge in [0.15, 0.2) is 0 Å². The number of primary amides is 1. The van der Waals surface area contributed by atoms with Crippen LogP contribution in [-0.2, 0) is 23.9 Å². The number of amides is 1. The standard InChI is InChI=1S/C28H51NO5S/c1-3-5-7-9-10-11-12-13-14-15-17-23(22-35-20-19-26(29)30)27(31)33-21-25-24(28(32)34-25)18-16-8-6-4-2/h23-25H,3-22H2,1-2H3,(H2,29,30)/t23-,24+,25-/m1/s1. The van der Waals surface area contributed by atoms with Crippen molar-refractivity contribution in [3.8, 4) is 0 Å². The molecule has 0 bridgehead atoms. The van der Waals surface area contributed by atoms with Crippen molar-refractivity contribution >= 4 is 29.6 Å². The molecule has 6 nitrogen and oxygen atoms in total. The van der Waals surface area contributed by atoms with Gasteiger partial charge in [-0.15, -0.1) is 0 Å². The Morgan fingerprint density at radius 2 is 1.49 bits per heavy atom. The largest absolute Gasteiger partial charge is 0.461 e. The van der Waals surface area contributed by atoms with Crippen molar-refractivity contribution in [3.63, 3.8) is 0 Å². The van der Waals surface area contributed by atoms with Crippen LogP contribution in [0.2, 0.25) is 0 Å². The minimum atomic E-state index is -0.317. The lowest BCUT2D eigenvalue weighted by molar-refractivity contribution is -0.195. The van der Waals surface area contributed by atoms with Gasteiger partial charge in [0, 0.05) is 17.9 Å². The Morgan fingerprint density at radius 3 is 2.06 bits per heavy atom. The van der Waals surface area contributed by atoms with Gasteiger partial charge < -0.3 is 15.2 Å². The Balaban J connectivity index is 2.33. The summed E-state index contributed by atoms with van der Waals surface area (Å²) in [6.45, 7) is 4.56. The van der Waals surface area contributed by atoms with E-state index in [1.54, 1.807) is 11.8 Å². The highest BCUT2D eigenvalue weighted by Crippen LogP contribution is 2.29. The van der Waals surface area contributed by atoms with Gasteiger partial charge in [-0.2, -0.15) is 11.8 Å². The Bertz CT molecular complexity index is 586. The van der Waals surface area contributed by atoms with E-state index in [2.05, 4.69) is 13.8 Å². The van der Waals surface area contributed by atoms with Gasteiger partial charge in [-0.25, -0.2) is 0 Å². The summed E-state index contributed by atoms with van der Waals surface area (Å²) >= 11 is 1.58. The van der Waals surface area contributed by atoms with Crippen LogP contribution in [0.3, 0.4) is 0 Å². The molecule has 0 saturated carbocycles. The third kappa shape index (κ3) is 15.5. The van der Waals surface area contributed by atoms with E-state index >= 15 is 0 Å². The molecule has 0 aromatic carbocycles. The lowest BCUT2D eigenvalue weighted by Crippen LogP contribution is -2.48. The van der Waals surface area contributed by atoms with Crippen molar-refractivity contribution in [2.45, 2.75) is 129 Å². The Kier molecular flexibility index (Phi) is 19.0. The molecule has 1 rings (SSSR count). The van der Waals surface area contributed by atoms with Crippen molar-refractivity contribution in [1.82, 2.24) is 0 Å². The summed E-state index contributed by atoms with van der Waals surface area (Å²) < 4.78 is 10.9. The highest BCUT2D eigenvalue weighted by molar-refractivity contribution is 7.99. The number of carbonyl (C=O) groups is 3. The second-order valence-electron chi connectivity index (χ2n) is 10.0. The predicted molar refractivity (Wildman–Crippen MR) is 144 cm³/mol. The highest BCUT2D eigenvalue weighted by Gasteiger charge is 2.42. The van der Waals surface area contributed by atoms with Crippen LogP contribution in [0.25, 0.3) is 0 Å². The molecule has 204 valence electrons. The third-order valence-corrected chi connectivity index (χ3v) is 7.96. The van der Waals surface area contributed by atoms with E-state index in [1.165, 1.54) is 57.8 Å². The van der Waals surface area contributed by atoms with Gasteiger partial charge in [0.1, 0.15) is 12.7 Å². The van der Waals surface area contributed by atoms with Crippen molar-refractivity contribution < 1.29 is 23.9 Å². The molecule has 7 heteroatoms. The van der Waals surface area contributed by atoms with E-state index < -0.39 is 0 Å². The number of esters is 2. The van der Waals surface area contributed by atoms with Crippen molar-refractivity contribution in [2.75, 3.05) is 18.1 Å². The summed E-state index contributed by atoms with van der Waals surface area (Å²) in [4.78, 5) is 35.7. The molecule has 0 aromatic heterocycles. The van der Waals surface area contributed by atoms with E-state index in [1.807, 2.05) is 0 Å². The number of ether oxygens (including phenoxy) is 2. The molecule has 0 spiro atoms. The van der Waals surface area contributed by atoms with Crippen LogP contribution in [0.15, 0.2) is 0 Å². The number of thioether (sulfide) groups is 1. The molecule has 1 aliphatic rings. The molecule has 0 radical (unpaired) electrons. The Hall–Kier alpha value is -1.24. The van der Waals surface area contributed by atoms with Crippen LogP contribution in [0.5, 0.6) is 0 Å². The molecule has 0 unspecified atom stereocenters. The molecule has 0 aromatic rings.